The zero-order valence-electron chi connectivity index (χ0n) is 7.80. The van der Waals surface area contributed by atoms with Gasteiger partial charge in [0.15, 0.2) is 5.82 Å². The average molecular weight is 222 g/mol. The molecule has 1 aromatic rings. The summed E-state index contributed by atoms with van der Waals surface area (Å²) in [6.07, 6.45) is -3.49. The van der Waals surface area contributed by atoms with E-state index in [1.165, 1.54) is 17.9 Å². The van der Waals surface area contributed by atoms with Crippen molar-refractivity contribution in [1.29, 1.82) is 0 Å². The first kappa shape index (κ1) is 11.5. The van der Waals surface area contributed by atoms with Crippen LogP contribution in [0.15, 0.2) is 6.20 Å². The molecular formula is C7H9F3N4O. The summed E-state index contributed by atoms with van der Waals surface area (Å²) in [4.78, 5) is 10.6. The molecular weight excluding hydrogens is 213 g/mol. The van der Waals surface area contributed by atoms with Crippen molar-refractivity contribution < 1.29 is 18.0 Å². The van der Waals surface area contributed by atoms with Crippen LogP contribution in [0.25, 0.3) is 0 Å². The fraction of sp³-hybridized carbons (Fsp3) is 0.429. The molecule has 1 rings (SSSR count). The molecule has 0 unspecified atom stereocenters. The molecule has 0 saturated heterocycles. The van der Waals surface area contributed by atoms with Crippen molar-refractivity contribution >= 4 is 11.7 Å². The van der Waals surface area contributed by atoms with Gasteiger partial charge < -0.3 is 11.1 Å². The lowest BCUT2D eigenvalue weighted by molar-refractivity contribution is -0.167. The normalized spacial score (nSPS) is 11.5. The van der Waals surface area contributed by atoms with E-state index in [4.69, 9.17) is 5.73 Å². The number of rotatable bonds is 2. The number of anilines is 1. The van der Waals surface area contributed by atoms with Crippen LogP contribution >= 0.6 is 0 Å². The highest BCUT2D eigenvalue weighted by atomic mass is 19.4. The van der Waals surface area contributed by atoms with E-state index in [0.717, 1.165) is 0 Å². The number of aryl methyl sites for hydroxylation is 1. The summed E-state index contributed by atoms with van der Waals surface area (Å²) in [5.74, 6) is -2.22. The Labute approximate surface area is 83.0 Å². The quantitative estimate of drug-likeness (QED) is 0.759. The van der Waals surface area contributed by atoms with Gasteiger partial charge in [-0.05, 0) is 0 Å². The minimum Gasteiger partial charge on any atom is -0.326 e. The first-order valence-electron chi connectivity index (χ1n) is 3.95. The van der Waals surface area contributed by atoms with Crippen LogP contribution in [0.1, 0.15) is 5.56 Å². The molecule has 5 nitrogen and oxygen atoms in total. The maximum atomic E-state index is 11.9. The summed E-state index contributed by atoms with van der Waals surface area (Å²) in [6, 6.07) is 0. The highest BCUT2D eigenvalue weighted by Crippen LogP contribution is 2.19. The number of hydrogen-bond donors (Lipinski definition) is 2. The van der Waals surface area contributed by atoms with Gasteiger partial charge in [0.25, 0.3) is 0 Å². The minimum atomic E-state index is -4.93. The van der Waals surface area contributed by atoms with Crippen LogP contribution in [0, 0.1) is 0 Å². The van der Waals surface area contributed by atoms with E-state index < -0.39 is 12.1 Å². The van der Waals surface area contributed by atoms with Gasteiger partial charge in [0.1, 0.15) is 0 Å². The lowest BCUT2D eigenvalue weighted by Crippen LogP contribution is -2.30. The summed E-state index contributed by atoms with van der Waals surface area (Å²) < 4.78 is 37.0. The number of nitrogens with one attached hydrogen (secondary N) is 1. The second-order valence-electron chi connectivity index (χ2n) is 2.83. The molecule has 1 amide bonds. The molecule has 84 valence electrons. The molecule has 0 spiro atoms. The molecule has 1 heterocycles. The number of nitrogens with zero attached hydrogens (tertiary/aromatic N) is 2. The van der Waals surface area contributed by atoms with Crippen molar-refractivity contribution in [2.75, 3.05) is 5.32 Å². The zero-order chi connectivity index (χ0) is 11.6. The molecule has 0 radical (unpaired) electrons. The Morgan fingerprint density at radius 2 is 2.27 bits per heavy atom. The highest BCUT2D eigenvalue weighted by Gasteiger charge is 2.39. The number of hydrogen-bond acceptors (Lipinski definition) is 3. The third-order valence-corrected chi connectivity index (χ3v) is 1.61. The molecule has 0 aliphatic carbocycles. The number of halogens is 3. The fourth-order valence-electron chi connectivity index (χ4n) is 0.971. The second-order valence-corrected chi connectivity index (χ2v) is 2.83. The number of amides is 1. The Bertz CT molecular complexity index is 371. The lowest BCUT2D eigenvalue weighted by atomic mass is 10.3. The number of carbonyl (C=O) groups excluding carboxylic acids is 1. The van der Waals surface area contributed by atoms with Gasteiger partial charge in [0.2, 0.25) is 0 Å². The molecule has 3 N–H and O–H groups in total. The molecule has 0 fully saturated rings. The highest BCUT2D eigenvalue weighted by molar-refractivity contribution is 5.94. The number of carbonyl (C=O) groups is 1. The third-order valence-electron chi connectivity index (χ3n) is 1.61. The van der Waals surface area contributed by atoms with E-state index in [-0.39, 0.29) is 12.4 Å². The summed E-state index contributed by atoms with van der Waals surface area (Å²) in [6.45, 7) is 0.00130. The summed E-state index contributed by atoms with van der Waals surface area (Å²) in [5, 5.41) is 5.29. The SMILES string of the molecule is Cn1cc(CN)c(NC(=O)C(F)(F)F)n1. The van der Waals surface area contributed by atoms with Crippen molar-refractivity contribution in [3.63, 3.8) is 0 Å². The van der Waals surface area contributed by atoms with Gasteiger partial charge in [0, 0.05) is 25.4 Å². The van der Waals surface area contributed by atoms with E-state index in [2.05, 4.69) is 5.10 Å². The van der Waals surface area contributed by atoms with Gasteiger partial charge in [-0.1, -0.05) is 0 Å². The molecule has 0 aliphatic heterocycles. The van der Waals surface area contributed by atoms with Crippen molar-refractivity contribution in [3.8, 4) is 0 Å². The van der Waals surface area contributed by atoms with Crippen molar-refractivity contribution in [1.82, 2.24) is 9.78 Å². The van der Waals surface area contributed by atoms with Crippen molar-refractivity contribution in [2.45, 2.75) is 12.7 Å². The van der Waals surface area contributed by atoms with Crippen LogP contribution in [-0.2, 0) is 18.4 Å². The minimum absolute atomic E-state index is 0.00130. The first-order chi connectivity index (χ1) is 6.84. The van der Waals surface area contributed by atoms with Gasteiger partial charge in [0.05, 0.1) is 0 Å². The summed E-state index contributed by atoms with van der Waals surface area (Å²) >= 11 is 0. The van der Waals surface area contributed by atoms with Crippen LogP contribution in [0.5, 0.6) is 0 Å². The maximum Gasteiger partial charge on any atom is 0.471 e. The predicted octanol–water partition coefficient (Wildman–Crippen LogP) is 0.380. The Balaban J connectivity index is 2.85. The smallest absolute Gasteiger partial charge is 0.326 e. The molecule has 0 saturated carbocycles. The Morgan fingerprint density at radius 1 is 1.67 bits per heavy atom. The van der Waals surface area contributed by atoms with Crippen LogP contribution in [-0.4, -0.2) is 21.9 Å². The van der Waals surface area contributed by atoms with Gasteiger partial charge in [-0.15, -0.1) is 0 Å². The number of alkyl halides is 3. The molecule has 0 aromatic carbocycles. The topological polar surface area (TPSA) is 72.9 Å². The second kappa shape index (κ2) is 3.89. The molecule has 0 aliphatic rings. The summed E-state index contributed by atoms with van der Waals surface area (Å²) in [5.41, 5.74) is 5.61. The number of nitrogens with two attached hydrogens (primary N) is 1. The van der Waals surface area contributed by atoms with Gasteiger partial charge in [-0.25, -0.2) is 0 Å². The Kier molecular flexibility index (Phi) is 2.98. The monoisotopic (exact) mass is 222 g/mol. The van der Waals surface area contributed by atoms with Crippen molar-refractivity contribution in [2.24, 2.45) is 12.8 Å². The van der Waals surface area contributed by atoms with Gasteiger partial charge in [-0.2, -0.15) is 18.3 Å². The maximum absolute atomic E-state index is 11.9. The summed E-state index contributed by atoms with van der Waals surface area (Å²) in [7, 11) is 1.52. The molecule has 8 heteroatoms. The van der Waals surface area contributed by atoms with E-state index in [9.17, 15) is 18.0 Å². The third kappa shape index (κ3) is 2.69. The first-order valence-corrected chi connectivity index (χ1v) is 3.95. The van der Waals surface area contributed by atoms with E-state index >= 15 is 0 Å². The van der Waals surface area contributed by atoms with Crippen LogP contribution in [0.4, 0.5) is 19.0 Å². The van der Waals surface area contributed by atoms with E-state index in [1.807, 2.05) is 0 Å². The van der Waals surface area contributed by atoms with Gasteiger partial charge in [-0.3, -0.25) is 9.48 Å². The largest absolute Gasteiger partial charge is 0.471 e. The Morgan fingerprint density at radius 3 is 2.73 bits per heavy atom. The van der Waals surface area contributed by atoms with E-state index in [0.29, 0.717) is 5.56 Å². The predicted molar refractivity (Wildman–Crippen MR) is 45.8 cm³/mol. The zero-order valence-corrected chi connectivity index (χ0v) is 7.80. The van der Waals surface area contributed by atoms with Crippen LogP contribution < -0.4 is 11.1 Å². The number of aromatic nitrogens is 2. The molecule has 0 bridgehead atoms. The van der Waals surface area contributed by atoms with Crippen molar-refractivity contribution in [3.05, 3.63) is 11.8 Å². The molecule has 15 heavy (non-hydrogen) atoms. The molecule has 1 aromatic heterocycles. The van der Waals surface area contributed by atoms with Crippen LogP contribution in [0.3, 0.4) is 0 Å². The van der Waals surface area contributed by atoms with E-state index in [1.54, 1.807) is 5.32 Å². The Hall–Kier alpha value is -1.57. The molecule has 0 atom stereocenters. The lowest BCUT2D eigenvalue weighted by Gasteiger charge is -2.06. The fourth-order valence-corrected chi connectivity index (χ4v) is 0.971. The average Bonchev–Trinajstić information content (AvgIpc) is 2.44. The van der Waals surface area contributed by atoms with Gasteiger partial charge >= 0.3 is 12.1 Å². The van der Waals surface area contributed by atoms with Crippen LogP contribution in [0.2, 0.25) is 0 Å². The standard InChI is InChI=1S/C7H9F3N4O/c1-14-3-4(2-11)5(13-14)12-6(15)7(8,9)10/h3H,2,11H2,1H3,(H,12,13,15).